The van der Waals surface area contributed by atoms with Crippen molar-refractivity contribution in [2.45, 2.75) is 31.1 Å². The molecule has 2 heterocycles. The SMILES string of the molecule is C[C@@H](Oc1ccc(F)cc1)c1nnc(SCC(=O)N2CCCC2=O)o1. The molecule has 1 atom stereocenters. The number of ether oxygens (including phenoxy) is 1. The van der Waals surface area contributed by atoms with Gasteiger partial charge in [-0.3, -0.25) is 14.5 Å². The highest BCUT2D eigenvalue weighted by Crippen LogP contribution is 2.24. The summed E-state index contributed by atoms with van der Waals surface area (Å²) < 4.78 is 24.0. The molecule has 0 spiro atoms. The molecule has 0 radical (unpaired) electrons. The molecule has 7 nitrogen and oxygen atoms in total. The minimum atomic E-state index is -0.525. The van der Waals surface area contributed by atoms with E-state index < -0.39 is 6.10 Å². The summed E-state index contributed by atoms with van der Waals surface area (Å²) in [5, 5.41) is 7.98. The molecule has 1 aromatic carbocycles. The van der Waals surface area contributed by atoms with Crippen LogP contribution in [0.4, 0.5) is 4.39 Å². The number of thioether (sulfide) groups is 1. The lowest BCUT2D eigenvalue weighted by atomic mass is 10.3. The monoisotopic (exact) mass is 365 g/mol. The molecule has 1 saturated heterocycles. The number of hydrogen-bond acceptors (Lipinski definition) is 7. The first-order valence-electron chi connectivity index (χ1n) is 7.74. The van der Waals surface area contributed by atoms with Gasteiger partial charge in [-0.25, -0.2) is 4.39 Å². The normalized spacial score (nSPS) is 15.4. The van der Waals surface area contributed by atoms with E-state index in [0.717, 1.165) is 11.8 Å². The zero-order chi connectivity index (χ0) is 17.8. The summed E-state index contributed by atoms with van der Waals surface area (Å²) in [6.07, 6.45) is 0.598. The van der Waals surface area contributed by atoms with Crippen molar-refractivity contribution in [3.8, 4) is 5.75 Å². The number of hydrogen-bond donors (Lipinski definition) is 0. The summed E-state index contributed by atoms with van der Waals surface area (Å²) in [7, 11) is 0. The average molecular weight is 365 g/mol. The predicted octanol–water partition coefficient (Wildman–Crippen LogP) is 2.59. The Morgan fingerprint density at radius 3 is 2.84 bits per heavy atom. The number of amides is 2. The number of nitrogens with zero attached hydrogens (tertiary/aromatic N) is 3. The van der Waals surface area contributed by atoms with Crippen LogP contribution in [-0.4, -0.2) is 39.2 Å². The molecule has 1 aromatic heterocycles. The van der Waals surface area contributed by atoms with Crippen molar-refractivity contribution in [3.05, 3.63) is 36.0 Å². The zero-order valence-corrected chi connectivity index (χ0v) is 14.3. The van der Waals surface area contributed by atoms with Crippen LogP contribution in [0.5, 0.6) is 5.75 Å². The summed E-state index contributed by atoms with van der Waals surface area (Å²) in [4.78, 5) is 24.8. The van der Waals surface area contributed by atoms with Gasteiger partial charge in [0.05, 0.1) is 5.75 Å². The molecule has 9 heteroatoms. The van der Waals surface area contributed by atoms with Gasteiger partial charge in [0.25, 0.3) is 11.1 Å². The second-order valence-corrected chi connectivity index (χ2v) is 6.38. The van der Waals surface area contributed by atoms with Gasteiger partial charge < -0.3 is 9.15 Å². The molecule has 0 N–H and O–H groups in total. The smallest absolute Gasteiger partial charge is 0.277 e. The molecule has 3 rings (SSSR count). The summed E-state index contributed by atoms with van der Waals surface area (Å²) >= 11 is 1.08. The fraction of sp³-hybridized carbons (Fsp3) is 0.375. The topological polar surface area (TPSA) is 85.5 Å². The fourth-order valence-electron chi connectivity index (χ4n) is 2.32. The Bertz CT molecular complexity index is 765. The van der Waals surface area contributed by atoms with E-state index in [1.807, 2.05) is 0 Å². The summed E-state index contributed by atoms with van der Waals surface area (Å²) in [6, 6.07) is 5.60. The lowest BCUT2D eigenvalue weighted by molar-refractivity contribution is -0.140. The number of rotatable bonds is 6. The van der Waals surface area contributed by atoms with Crippen LogP contribution in [0.3, 0.4) is 0 Å². The average Bonchev–Trinajstić information content (AvgIpc) is 3.24. The maximum absolute atomic E-state index is 12.9. The first-order valence-corrected chi connectivity index (χ1v) is 8.73. The number of carbonyl (C=O) groups excluding carboxylic acids is 2. The summed E-state index contributed by atoms with van der Waals surface area (Å²) in [5.41, 5.74) is 0. The quantitative estimate of drug-likeness (QED) is 0.727. The first-order chi connectivity index (χ1) is 12.0. The number of imide groups is 1. The van der Waals surface area contributed by atoms with Crippen molar-refractivity contribution in [3.63, 3.8) is 0 Å². The van der Waals surface area contributed by atoms with Crippen molar-refractivity contribution in [2.24, 2.45) is 0 Å². The number of carbonyl (C=O) groups is 2. The third-order valence-electron chi connectivity index (χ3n) is 3.59. The van der Waals surface area contributed by atoms with Crippen LogP contribution in [0.25, 0.3) is 0 Å². The molecule has 2 amide bonds. The van der Waals surface area contributed by atoms with Crippen LogP contribution in [0.15, 0.2) is 33.9 Å². The van der Waals surface area contributed by atoms with Gasteiger partial charge in [-0.15, -0.1) is 10.2 Å². The van der Waals surface area contributed by atoms with E-state index in [-0.39, 0.29) is 34.5 Å². The van der Waals surface area contributed by atoms with Crippen molar-refractivity contribution >= 4 is 23.6 Å². The van der Waals surface area contributed by atoms with Gasteiger partial charge in [-0.05, 0) is 37.6 Å². The number of halogens is 1. The van der Waals surface area contributed by atoms with Crippen molar-refractivity contribution < 1.29 is 23.1 Å². The lowest BCUT2D eigenvalue weighted by Crippen LogP contribution is -2.33. The minimum absolute atomic E-state index is 0.0561. The van der Waals surface area contributed by atoms with Gasteiger partial charge in [0.1, 0.15) is 11.6 Å². The second-order valence-electron chi connectivity index (χ2n) is 5.45. The molecule has 1 aliphatic heterocycles. The van der Waals surface area contributed by atoms with Crippen LogP contribution in [-0.2, 0) is 9.59 Å². The van der Waals surface area contributed by atoms with Crippen molar-refractivity contribution in [2.75, 3.05) is 12.3 Å². The molecule has 0 unspecified atom stereocenters. The first kappa shape index (κ1) is 17.4. The van der Waals surface area contributed by atoms with E-state index in [1.54, 1.807) is 6.92 Å². The van der Waals surface area contributed by atoms with Crippen LogP contribution in [0, 0.1) is 5.82 Å². The summed E-state index contributed by atoms with van der Waals surface area (Å²) in [6.45, 7) is 2.19. The van der Waals surface area contributed by atoms with Crippen molar-refractivity contribution in [1.82, 2.24) is 15.1 Å². The Labute approximate surface area is 147 Å². The van der Waals surface area contributed by atoms with Crippen LogP contribution in [0.2, 0.25) is 0 Å². The van der Waals surface area contributed by atoms with Gasteiger partial charge in [0, 0.05) is 13.0 Å². The molecular weight excluding hydrogens is 349 g/mol. The van der Waals surface area contributed by atoms with Crippen LogP contribution < -0.4 is 4.74 Å². The molecule has 0 aliphatic carbocycles. The fourth-order valence-corrected chi connectivity index (χ4v) is 2.97. The summed E-state index contributed by atoms with van der Waals surface area (Å²) in [5.74, 6) is 0.0276. The van der Waals surface area contributed by atoms with E-state index in [1.165, 1.54) is 29.2 Å². The highest BCUT2D eigenvalue weighted by Gasteiger charge is 2.26. The minimum Gasteiger partial charge on any atom is -0.481 e. The van der Waals surface area contributed by atoms with Crippen molar-refractivity contribution in [1.29, 1.82) is 0 Å². The lowest BCUT2D eigenvalue weighted by Gasteiger charge is -2.12. The molecule has 1 fully saturated rings. The Kier molecular flexibility index (Phi) is 5.32. The molecule has 25 heavy (non-hydrogen) atoms. The molecule has 2 aromatic rings. The van der Waals surface area contributed by atoms with Gasteiger partial charge in [0.2, 0.25) is 11.8 Å². The number of likely N-dealkylation sites (tertiary alicyclic amines) is 1. The number of benzene rings is 1. The largest absolute Gasteiger partial charge is 0.481 e. The Morgan fingerprint density at radius 1 is 1.40 bits per heavy atom. The van der Waals surface area contributed by atoms with Gasteiger partial charge >= 0.3 is 0 Å². The third kappa shape index (κ3) is 4.36. The van der Waals surface area contributed by atoms with E-state index in [0.29, 0.717) is 25.1 Å². The number of aromatic nitrogens is 2. The van der Waals surface area contributed by atoms with E-state index in [9.17, 15) is 14.0 Å². The Balaban J connectivity index is 1.53. The van der Waals surface area contributed by atoms with E-state index >= 15 is 0 Å². The Morgan fingerprint density at radius 2 is 2.16 bits per heavy atom. The van der Waals surface area contributed by atoms with Gasteiger partial charge in [0.15, 0.2) is 6.10 Å². The van der Waals surface area contributed by atoms with E-state index in [4.69, 9.17) is 9.15 Å². The second kappa shape index (κ2) is 7.64. The maximum Gasteiger partial charge on any atom is 0.277 e. The predicted molar refractivity (Wildman–Crippen MR) is 86.4 cm³/mol. The van der Waals surface area contributed by atoms with Crippen LogP contribution >= 0.6 is 11.8 Å². The van der Waals surface area contributed by atoms with Gasteiger partial charge in [-0.2, -0.15) is 0 Å². The zero-order valence-electron chi connectivity index (χ0n) is 13.5. The Hall–Kier alpha value is -2.42. The molecule has 0 bridgehead atoms. The van der Waals surface area contributed by atoms with Crippen LogP contribution in [0.1, 0.15) is 31.8 Å². The third-order valence-corrected chi connectivity index (χ3v) is 4.39. The highest BCUT2D eigenvalue weighted by molar-refractivity contribution is 7.99. The molecule has 0 saturated carbocycles. The van der Waals surface area contributed by atoms with Gasteiger partial charge in [-0.1, -0.05) is 11.8 Å². The molecule has 132 valence electrons. The molecule has 1 aliphatic rings. The standard InChI is InChI=1S/C16H16FN3O4S/c1-10(23-12-6-4-11(17)5-7-12)15-18-19-16(24-15)25-9-14(22)20-8-2-3-13(20)21/h4-7,10H,2-3,8-9H2,1H3/t10-/m1/s1. The molecular formula is C16H16FN3O4S. The highest BCUT2D eigenvalue weighted by atomic mass is 32.2. The maximum atomic E-state index is 12.9. The van der Waals surface area contributed by atoms with E-state index in [2.05, 4.69) is 10.2 Å².